The molecule has 23 heavy (non-hydrogen) atoms. The molecule has 1 fully saturated rings. The minimum absolute atomic E-state index is 0.00921. The molecule has 0 bridgehead atoms. The number of hydrogen-bond donors (Lipinski definition) is 1. The standard InChI is InChI=1S/C16H18N4O2S/c1-10(12-6-4-3-5-7-12)20-9-13(8-14(20)21)15(22)18-16-17-11(2)19-23-16/h3-7,10,13H,8-9H2,1-2H3,(H,17,18,19,22). The second kappa shape index (κ2) is 6.45. The van der Waals surface area contributed by atoms with Gasteiger partial charge in [0, 0.05) is 24.5 Å². The first-order valence-electron chi connectivity index (χ1n) is 7.50. The number of aryl methyl sites for hydroxylation is 1. The number of aromatic nitrogens is 2. The van der Waals surface area contributed by atoms with Crippen LogP contribution in [-0.2, 0) is 9.59 Å². The number of carbonyl (C=O) groups excluding carboxylic acids is 2. The fraction of sp³-hybridized carbons (Fsp3) is 0.375. The SMILES string of the molecule is Cc1nsc(NC(=O)C2CC(=O)N(C(C)c3ccccc3)C2)n1. The second-order valence-electron chi connectivity index (χ2n) is 5.67. The predicted molar refractivity (Wildman–Crippen MR) is 88.0 cm³/mol. The van der Waals surface area contributed by atoms with Crippen molar-refractivity contribution in [3.05, 3.63) is 41.7 Å². The van der Waals surface area contributed by atoms with E-state index in [4.69, 9.17) is 0 Å². The Labute approximate surface area is 138 Å². The van der Waals surface area contributed by atoms with E-state index >= 15 is 0 Å². The van der Waals surface area contributed by atoms with Gasteiger partial charge in [-0.3, -0.25) is 9.59 Å². The van der Waals surface area contributed by atoms with Crippen LogP contribution in [0.3, 0.4) is 0 Å². The smallest absolute Gasteiger partial charge is 0.231 e. The van der Waals surface area contributed by atoms with Crippen molar-refractivity contribution in [3.63, 3.8) is 0 Å². The van der Waals surface area contributed by atoms with Gasteiger partial charge >= 0.3 is 0 Å². The fourth-order valence-corrected chi connectivity index (χ4v) is 3.33. The summed E-state index contributed by atoms with van der Waals surface area (Å²) in [7, 11) is 0. The molecule has 120 valence electrons. The quantitative estimate of drug-likeness (QED) is 0.934. The van der Waals surface area contributed by atoms with Crippen LogP contribution >= 0.6 is 11.5 Å². The summed E-state index contributed by atoms with van der Waals surface area (Å²) in [6, 6.07) is 9.81. The average Bonchev–Trinajstić information content (AvgIpc) is 3.13. The maximum Gasteiger partial charge on any atom is 0.231 e. The van der Waals surface area contributed by atoms with Crippen LogP contribution in [-0.4, -0.2) is 32.6 Å². The molecule has 3 rings (SSSR count). The Bertz CT molecular complexity index is 716. The molecule has 0 saturated carbocycles. The highest BCUT2D eigenvalue weighted by Crippen LogP contribution is 2.29. The van der Waals surface area contributed by atoms with E-state index in [0.717, 1.165) is 17.1 Å². The van der Waals surface area contributed by atoms with Crippen LogP contribution in [0.1, 0.15) is 30.8 Å². The number of likely N-dealkylation sites (tertiary alicyclic amines) is 1. The summed E-state index contributed by atoms with van der Waals surface area (Å²) in [6.45, 7) is 4.19. The Kier molecular flexibility index (Phi) is 4.38. The van der Waals surface area contributed by atoms with E-state index in [1.807, 2.05) is 37.3 Å². The number of anilines is 1. The van der Waals surface area contributed by atoms with E-state index in [0.29, 0.717) is 17.5 Å². The van der Waals surface area contributed by atoms with Crippen LogP contribution in [0.25, 0.3) is 0 Å². The molecule has 1 N–H and O–H groups in total. The van der Waals surface area contributed by atoms with E-state index in [9.17, 15) is 9.59 Å². The molecule has 2 unspecified atom stereocenters. The second-order valence-corrected chi connectivity index (χ2v) is 6.42. The van der Waals surface area contributed by atoms with Gasteiger partial charge in [-0.15, -0.1) is 0 Å². The molecule has 1 aromatic heterocycles. The van der Waals surface area contributed by atoms with Crippen LogP contribution < -0.4 is 5.32 Å². The fourth-order valence-electron chi connectivity index (χ4n) is 2.75. The first-order valence-corrected chi connectivity index (χ1v) is 8.27. The molecule has 1 aromatic carbocycles. The molecular formula is C16H18N4O2S. The van der Waals surface area contributed by atoms with Crippen molar-refractivity contribution in [1.82, 2.24) is 14.3 Å². The van der Waals surface area contributed by atoms with Gasteiger partial charge < -0.3 is 10.2 Å². The highest BCUT2D eigenvalue weighted by Gasteiger charge is 2.37. The highest BCUT2D eigenvalue weighted by molar-refractivity contribution is 7.09. The molecule has 1 aliphatic rings. The van der Waals surface area contributed by atoms with E-state index < -0.39 is 0 Å². The number of carbonyl (C=O) groups is 2. The van der Waals surface area contributed by atoms with E-state index in [1.165, 1.54) is 0 Å². The van der Waals surface area contributed by atoms with Gasteiger partial charge in [0.2, 0.25) is 16.9 Å². The Hall–Kier alpha value is -2.28. The van der Waals surface area contributed by atoms with Crippen molar-refractivity contribution in [2.75, 3.05) is 11.9 Å². The summed E-state index contributed by atoms with van der Waals surface area (Å²) < 4.78 is 4.03. The predicted octanol–water partition coefficient (Wildman–Crippen LogP) is 2.39. The van der Waals surface area contributed by atoms with Gasteiger partial charge in [0.05, 0.1) is 12.0 Å². The molecule has 2 aromatic rings. The first-order chi connectivity index (χ1) is 11.0. The van der Waals surface area contributed by atoms with Crippen molar-refractivity contribution < 1.29 is 9.59 Å². The number of nitrogens with zero attached hydrogens (tertiary/aromatic N) is 3. The van der Waals surface area contributed by atoms with Crippen LogP contribution in [0.2, 0.25) is 0 Å². The third-order valence-corrected chi connectivity index (χ3v) is 4.76. The number of benzene rings is 1. The Balaban J connectivity index is 1.66. The number of nitrogens with one attached hydrogen (secondary N) is 1. The number of rotatable bonds is 4. The molecule has 1 aliphatic heterocycles. The van der Waals surface area contributed by atoms with Crippen molar-refractivity contribution in [1.29, 1.82) is 0 Å². The normalized spacial score (nSPS) is 19.0. The lowest BCUT2D eigenvalue weighted by Gasteiger charge is -2.25. The van der Waals surface area contributed by atoms with E-state index in [-0.39, 0.29) is 30.2 Å². The molecule has 0 spiro atoms. The Morgan fingerprint density at radius 1 is 1.39 bits per heavy atom. The Morgan fingerprint density at radius 2 is 2.13 bits per heavy atom. The lowest BCUT2D eigenvalue weighted by atomic mass is 10.1. The third kappa shape index (κ3) is 3.39. The van der Waals surface area contributed by atoms with E-state index in [1.54, 1.807) is 11.8 Å². The lowest BCUT2D eigenvalue weighted by Crippen LogP contribution is -2.30. The van der Waals surface area contributed by atoms with Gasteiger partial charge in [-0.1, -0.05) is 30.3 Å². The summed E-state index contributed by atoms with van der Waals surface area (Å²) in [5.41, 5.74) is 1.07. The minimum Gasteiger partial charge on any atom is -0.335 e. The summed E-state index contributed by atoms with van der Waals surface area (Å²) in [5, 5.41) is 3.23. The van der Waals surface area contributed by atoms with Gasteiger partial charge in [0.1, 0.15) is 5.82 Å². The zero-order valence-corrected chi connectivity index (χ0v) is 13.8. The average molecular weight is 330 g/mol. The monoisotopic (exact) mass is 330 g/mol. The zero-order valence-electron chi connectivity index (χ0n) is 13.0. The molecule has 7 heteroatoms. The number of amides is 2. The topological polar surface area (TPSA) is 75.2 Å². The van der Waals surface area contributed by atoms with Crippen molar-refractivity contribution in [2.45, 2.75) is 26.3 Å². The van der Waals surface area contributed by atoms with Gasteiger partial charge in [0.25, 0.3) is 0 Å². The molecule has 2 heterocycles. The highest BCUT2D eigenvalue weighted by atomic mass is 32.1. The molecule has 0 radical (unpaired) electrons. The molecule has 0 aliphatic carbocycles. The maximum absolute atomic E-state index is 12.3. The Morgan fingerprint density at radius 3 is 2.78 bits per heavy atom. The van der Waals surface area contributed by atoms with E-state index in [2.05, 4.69) is 14.7 Å². The largest absolute Gasteiger partial charge is 0.335 e. The number of hydrogen-bond acceptors (Lipinski definition) is 5. The van der Waals surface area contributed by atoms with Crippen LogP contribution in [0.5, 0.6) is 0 Å². The lowest BCUT2D eigenvalue weighted by molar-refractivity contribution is -0.129. The van der Waals surface area contributed by atoms with Gasteiger partial charge in [-0.25, -0.2) is 4.98 Å². The van der Waals surface area contributed by atoms with Crippen molar-refractivity contribution in [3.8, 4) is 0 Å². The maximum atomic E-state index is 12.3. The molecular weight excluding hydrogens is 312 g/mol. The first kappa shape index (κ1) is 15.6. The third-order valence-electron chi connectivity index (χ3n) is 4.04. The molecule has 1 saturated heterocycles. The molecule has 6 nitrogen and oxygen atoms in total. The van der Waals surface area contributed by atoms with Gasteiger partial charge in [-0.05, 0) is 19.4 Å². The van der Waals surface area contributed by atoms with Crippen LogP contribution in [0, 0.1) is 12.8 Å². The van der Waals surface area contributed by atoms with Crippen molar-refractivity contribution in [2.24, 2.45) is 5.92 Å². The minimum atomic E-state index is -0.349. The van der Waals surface area contributed by atoms with Gasteiger partial charge in [0.15, 0.2) is 0 Å². The summed E-state index contributed by atoms with van der Waals surface area (Å²) in [6.07, 6.45) is 0.237. The summed E-state index contributed by atoms with van der Waals surface area (Å²) in [5.74, 6) is 0.122. The molecule has 2 atom stereocenters. The van der Waals surface area contributed by atoms with Gasteiger partial charge in [-0.2, -0.15) is 4.37 Å². The van der Waals surface area contributed by atoms with Crippen molar-refractivity contribution >= 4 is 28.5 Å². The van der Waals surface area contributed by atoms with Crippen LogP contribution in [0.15, 0.2) is 30.3 Å². The van der Waals surface area contributed by atoms with Crippen LogP contribution in [0.4, 0.5) is 5.13 Å². The molecule has 2 amide bonds. The summed E-state index contributed by atoms with van der Waals surface area (Å²) >= 11 is 1.15. The zero-order chi connectivity index (χ0) is 16.4. The summed E-state index contributed by atoms with van der Waals surface area (Å²) in [4.78, 5) is 30.5.